The summed E-state index contributed by atoms with van der Waals surface area (Å²) in [6, 6.07) is 4.75. The van der Waals surface area contributed by atoms with Crippen LogP contribution in [-0.4, -0.2) is 0 Å². The quantitative estimate of drug-likeness (QED) is 0.359. The van der Waals surface area contributed by atoms with Crippen LogP contribution in [0.15, 0.2) is 23.3 Å². The Morgan fingerprint density at radius 1 is 1.54 bits per heavy atom. The van der Waals surface area contributed by atoms with E-state index in [2.05, 4.69) is 10.0 Å². The van der Waals surface area contributed by atoms with Gasteiger partial charge >= 0.3 is 0 Å². The maximum atomic E-state index is 13.2. The number of hydrogen-bond acceptors (Lipinski definition) is 1. The average Bonchev–Trinajstić information content (AvgIpc) is 2.51. The van der Waals surface area contributed by atoms with Crippen molar-refractivity contribution < 1.29 is 4.39 Å². The van der Waals surface area contributed by atoms with Crippen molar-refractivity contribution in [1.29, 1.82) is 0 Å². The van der Waals surface area contributed by atoms with Gasteiger partial charge in [-0.15, -0.1) is 0 Å². The summed E-state index contributed by atoms with van der Waals surface area (Å²) in [6.07, 6.45) is 1.39. The first-order chi connectivity index (χ1) is 6.33. The second-order valence-electron chi connectivity index (χ2n) is 3.07. The SMILES string of the molecule is [N-]=[N+]=NC1CCc2c(F)cccc21. The van der Waals surface area contributed by atoms with E-state index in [0.29, 0.717) is 12.0 Å². The Hall–Kier alpha value is -1.54. The third-order valence-corrected chi connectivity index (χ3v) is 2.37. The van der Waals surface area contributed by atoms with Crippen molar-refractivity contribution in [2.75, 3.05) is 0 Å². The largest absolute Gasteiger partial charge is 0.207 e. The van der Waals surface area contributed by atoms with Crippen molar-refractivity contribution in [1.82, 2.24) is 0 Å². The molecule has 0 radical (unpaired) electrons. The molecule has 2 rings (SSSR count). The van der Waals surface area contributed by atoms with E-state index in [4.69, 9.17) is 5.53 Å². The summed E-state index contributed by atoms with van der Waals surface area (Å²) in [5.41, 5.74) is 9.84. The molecular formula is C9H8FN3. The van der Waals surface area contributed by atoms with Crippen molar-refractivity contribution in [3.63, 3.8) is 0 Å². The van der Waals surface area contributed by atoms with E-state index in [0.717, 1.165) is 12.0 Å². The van der Waals surface area contributed by atoms with Gasteiger partial charge in [0.1, 0.15) is 5.82 Å². The molecule has 0 spiro atoms. The van der Waals surface area contributed by atoms with Gasteiger partial charge in [0.15, 0.2) is 0 Å². The Kier molecular flexibility index (Phi) is 1.91. The fourth-order valence-corrected chi connectivity index (χ4v) is 1.77. The average molecular weight is 177 g/mol. The molecule has 3 nitrogen and oxygen atoms in total. The van der Waals surface area contributed by atoms with Crippen molar-refractivity contribution in [3.05, 3.63) is 45.6 Å². The number of benzene rings is 1. The van der Waals surface area contributed by atoms with Crippen LogP contribution in [0.2, 0.25) is 0 Å². The highest BCUT2D eigenvalue weighted by Crippen LogP contribution is 2.35. The fourth-order valence-electron chi connectivity index (χ4n) is 1.77. The van der Waals surface area contributed by atoms with Gasteiger partial charge in [-0.1, -0.05) is 17.2 Å². The second-order valence-corrected chi connectivity index (χ2v) is 3.07. The number of hydrogen-bond donors (Lipinski definition) is 0. The lowest BCUT2D eigenvalue weighted by Crippen LogP contribution is -1.89. The maximum Gasteiger partial charge on any atom is 0.126 e. The summed E-state index contributed by atoms with van der Waals surface area (Å²) in [5, 5.41) is 3.62. The predicted octanol–water partition coefficient (Wildman–Crippen LogP) is 3.12. The highest BCUT2D eigenvalue weighted by atomic mass is 19.1. The summed E-state index contributed by atoms with van der Waals surface area (Å²) < 4.78 is 13.2. The molecule has 1 aromatic rings. The van der Waals surface area contributed by atoms with Crippen LogP contribution in [0.3, 0.4) is 0 Å². The fraction of sp³-hybridized carbons (Fsp3) is 0.333. The van der Waals surface area contributed by atoms with Crippen LogP contribution in [0.4, 0.5) is 4.39 Å². The van der Waals surface area contributed by atoms with Gasteiger partial charge in [0, 0.05) is 4.91 Å². The number of halogens is 1. The Morgan fingerprint density at radius 2 is 2.38 bits per heavy atom. The number of nitrogens with zero attached hydrogens (tertiary/aromatic N) is 3. The van der Waals surface area contributed by atoms with Crippen molar-refractivity contribution in [2.45, 2.75) is 18.9 Å². The molecule has 13 heavy (non-hydrogen) atoms. The van der Waals surface area contributed by atoms with E-state index in [1.54, 1.807) is 6.07 Å². The van der Waals surface area contributed by atoms with Crippen LogP contribution in [-0.2, 0) is 6.42 Å². The zero-order chi connectivity index (χ0) is 9.26. The highest BCUT2D eigenvalue weighted by molar-refractivity contribution is 5.35. The molecule has 1 aliphatic carbocycles. The van der Waals surface area contributed by atoms with E-state index in [1.807, 2.05) is 6.07 Å². The Morgan fingerprint density at radius 3 is 3.15 bits per heavy atom. The molecule has 0 heterocycles. The number of rotatable bonds is 1. The van der Waals surface area contributed by atoms with Gasteiger partial charge in [-0.05, 0) is 35.6 Å². The van der Waals surface area contributed by atoms with Crippen LogP contribution in [0.5, 0.6) is 0 Å². The maximum absolute atomic E-state index is 13.2. The molecule has 1 unspecified atom stereocenters. The molecule has 0 N–H and O–H groups in total. The van der Waals surface area contributed by atoms with Gasteiger partial charge in [-0.3, -0.25) is 0 Å². The smallest absolute Gasteiger partial charge is 0.126 e. The zero-order valence-electron chi connectivity index (χ0n) is 6.94. The molecule has 4 heteroatoms. The molecule has 0 aliphatic heterocycles. The van der Waals surface area contributed by atoms with Crippen molar-refractivity contribution >= 4 is 0 Å². The number of azide groups is 1. The van der Waals surface area contributed by atoms with Crippen LogP contribution >= 0.6 is 0 Å². The summed E-state index contributed by atoms with van der Waals surface area (Å²) in [6.45, 7) is 0. The lowest BCUT2D eigenvalue weighted by atomic mass is 10.1. The van der Waals surface area contributed by atoms with Crippen molar-refractivity contribution in [3.8, 4) is 0 Å². The summed E-state index contributed by atoms with van der Waals surface area (Å²) in [4.78, 5) is 2.75. The standard InChI is InChI=1S/C9H8FN3/c10-8-3-1-2-7-6(8)4-5-9(7)12-13-11/h1-3,9H,4-5H2. The molecule has 1 aliphatic rings. The third kappa shape index (κ3) is 1.25. The minimum atomic E-state index is -0.187. The molecular weight excluding hydrogens is 169 g/mol. The zero-order valence-corrected chi connectivity index (χ0v) is 6.94. The first kappa shape index (κ1) is 8.08. The second kappa shape index (κ2) is 3.07. The highest BCUT2D eigenvalue weighted by Gasteiger charge is 2.23. The number of fused-ring (bicyclic) bond motifs is 1. The molecule has 0 saturated heterocycles. The molecule has 1 aromatic carbocycles. The van der Waals surface area contributed by atoms with Gasteiger partial charge in [0.2, 0.25) is 0 Å². The topological polar surface area (TPSA) is 48.8 Å². The minimum Gasteiger partial charge on any atom is -0.207 e. The Balaban J connectivity index is 2.48. The van der Waals surface area contributed by atoms with E-state index in [9.17, 15) is 4.39 Å². The van der Waals surface area contributed by atoms with Crippen LogP contribution in [0.25, 0.3) is 10.4 Å². The minimum absolute atomic E-state index is 0.171. The molecule has 0 saturated carbocycles. The normalized spacial score (nSPS) is 19.3. The Bertz CT molecular complexity index is 382. The van der Waals surface area contributed by atoms with Crippen molar-refractivity contribution in [2.24, 2.45) is 5.11 Å². The molecule has 0 bridgehead atoms. The predicted molar refractivity (Wildman–Crippen MR) is 46.6 cm³/mol. The van der Waals surface area contributed by atoms with Gasteiger partial charge in [-0.2, -0.15) is 0 Å². The van der Waals surface area contributed by atoms with Gasteiger partial charge in [0.05, 0.1) is 6.04 Å². The Labute approximate surface area is 74.8 Å². The summed E-state index contributed by atoms with van der Waals surface area (Å²) >= 11 is 0. The van der Waals surface area contributed by atoms with E-state index in [-0.39, 0.29) is 11.9 Å². The van der Waals surface area contributed by atoms with Crippen LogP contribution in [0, 0.1) is 5.82 Å². The lowest BCUT2D eigenvalue weighted by molar-refractivity contribution is 0.612. The van der Waals surface area contributed by atoms with E-state index >= 15 is 0 Å². The summed E-state index contributed by atoms with van der Waals surface area (Å²) in [7, 11) is 0. The molecule has 0 fully saturated rings. The first-order valence-electron chi connectivity index (χ1n) is 4.14. The van der Waals surface area contributed by atoms with Gasteiger partial charge in [-0.25, -0.2) is 4.39 Å². The monoisotopic (exact) mass is 177 g/mol. The molecule has 66 valence electrons. The van der Waals surface area contributed by atoms with E-state index in [1.165, 1.54) is 6.07 Å². The lowest BCUT2D eigenvalue weighted by Gasteiger charge is -2.03. The van der Waals surface area contributed by atoms with E-state index < -0.39 is 0 Å². The summed E-state index contributed by atoms with van der Waals surface area (Å²) in [5.74, 6) is -0.187. The van der Waals surface area contributed by atoms with Gasteiger partial charge < -0.3 is 0 Å². The third-order valence-electron chi connectivity index (χ3n) is 2.37. The molecule has 0 aromatic heterocycles. The van der Waals surface area contributed by atoms with Gasteiger partial charge in [0.25, 0.3) is 0 Å². The molecule has 0 amide bonds. The van der Waals surface area contributed by atoms with Crippen LogP contribution < -0.4 is 0 Å². The first-order valence-corrected chi connectivity index (χ1v) is 4.14. The molecule has 1 atom stereocenters. The van der Waals surface area contributed by atoms with Crippen LogP contribution in [0.1, 0.15) is 23.6 Å².